The predicted octanol–water partition coefficient (Wildman–Crippen LogP) is 3.16. The molecule has 2 aromatic heterocycles. The van der Waals surface area contributed by atoms with Gasteiger partial charge in [0, 0.05) is 29.9 Å². The van der Waals surface area contributed by atoms with Crippen LogP contribution in [0.5, 0.6) is 0 Å². The van der Waals surface area contributed by atoms with E-state index in [1.165, 1.54) is 18.3 Å². The first kappa shape index (κ1) is 16.4. The number of nitrogens with zero attached hydrogens (tertiary/aromatic N) is 4. The van der Waals surface area contributed by atoms with Crippen molar-refractivity contribution < 1.29 is 9.72 Å². The molecule has 1 amide bonds. The number of imidazole rings is 1. The third kappa shape index (κ3) is 3.23. The number of carbonyl (C=O) groups is 1. The topological polar surface area (TPSA) is 102 Å². The lowest BCUT2D eigenvalue weighted by Gasteiger charge is -1.98. The molecule has 27 heavy (non-hydrogen) atoms. The van der Waals surface area contributed by atoms with Gasteiger partial charge in [0.05, 0.1) is 11.1 Å². The highest BCUT2D eigenvalue weighted by Crippen LogP contribution is 2.19. The maximum Gasteiger partial charge on any atom is 0.291 e. The molecule has 0 unspecified atom stereocenters. The molecule has 0 saturated heterocycles. The summed E-state index contributed by atoms with van der Waals surface area (Å²) >= 11 is 0. The number of amides is 1. The molecule has 0 spiro atoms. The Morgan fingerprint density at radius 3 is 2.70 bits per heavy atom. The van der Waals surface area contributed by atoms with Gasteiger partial charge in [-0.2, -0.15) is 5.10 Å². The fourth-order valence-corrected chi connectivity index (χ4v) is 2.73. The Labute approximate surface area is 152 Å². The van der Waals surface area contributed by atoms with Crippen molar-refractivity contribution in [2.45, 2.75) is 0 Å². The number of hydrazone groups is 1. The van der Waals surface area contributed by atoms with Crippen LogP contribution in [-0.4, -0.2) is 26.4 Å². The monoisotopic (exact) mass is 359 g/mol. The van der Waals surface area contributed by atoms with Gasteiger partial charge in [0.1, 0.15) is 11.3 Å². The average molecular weight is 359 g/mol. The first-order valence-electron chi connectivity index (χ1n) is 8.06. The van der Waals surface area contributed by atoms with Crippen LogP contribution in [0.3, 0.4) is 0 Å². The van der Waals surface area contributed by atoms with Gasteiger partial charge >= 0.3 is 0 Å². The van der Waals surface area contributed by atoms with Gasteiger partial charge in [0.2, 0.25) is 0 Å². The number of benzene rings is 2. The van der Waals surface area contributed by atoms with Crippen LogP contribution >= 0.6 is 0 Å². The van der Waals surface area contributed by atoms with E-state index in [4.69, 9.17) is 0 Å². The van der Waals surface area contributed by atoms with E-state index in [2.05, 4.69) is 15.5 Å². The van der Waals surface area contributed by atoms with E-state index in [9.17, 15) is 14.9 Å². The zero-order valence-corrected chi connectivity index (χ0v) is 13.9. The fourth-order valence-electron chi connectivity index (χ4n) is 2.73. The lowest BCUT2D eigenvalue weighted by atomic mass is 10.2. The number of aromatic nitrogens is 2. The summed E-state index contributed by atoms with van der Waals surface area (Å²) in [5.41, 5.74) is 3.97. The molecule has 4 aromatic rings. The van der Waals surface area contributed by atoms with Crippen LogP contribution in [0.4, 0.5) is 5.69 Å². The molecule has 8 heteroatoms. The summed E-state index contributed by atoms with van der Waals surface area (Å²) in [7, 11) is 0. The van der Waals surface area contributed by atoms with Gasteiger partial charge < -0.3 is 4.40 Å². The molecule has 0 aliphatic carbocycles. The number of hydrogen-bond donors (Lipinski definition) is 1. The summed E-state index contributed by atoms with van der Waals surface area (Å²) in [5, 5.41) is 16.5. The van der Waals surface area contributed by atoms with Gasteiger partial charge in [-0.05, 0) is 29.1 Å². The van der Waals surface area contributed by atoms with E-state index >= 15 is 0 Å². The van der Waals surface area contributed by atoms with Crippen LogP contribution in [0.1, 0.15) is 16.1 Å². The van der Waals surface area contributed by atoms with Crippen LogP contribution in [0.25, 0.3) is 16.4 Å². The Morgan fingerprint density at radius 2 is 1.93 bits per heavy atom. The van der Waals surface area contributed by atoms with Gasteiger partial charge in [0.25, 0.3) is 11.6 Å². The van der Waals surface area contributed by atoms with E-state index in [-0.39, 0.29) is 11.4 Å². The second-order valence-electron chi connectivity index (χ2n) is 5.81. The molecule has 132 valence electrons. The highest BCUT2D eigenvalue weighted by atomic mass is 16.6. The number of rotatable bonds is 4. The van der Waals surface area contributed by atoms with Crippen LogP contribution in [0, 0.1) is 10.1 Å². The van der Waals surface area contributed by atoms with Gasteiger partial charge in [-0.25, -0.2) is 10.4 Å². The van der Waals surface area contributed by atoms with Crippen LogP contribution in [0.15, 0.2) is 72.1 Å². The molecule has 0 aliphatic heterocycles. The zero-order chi connectivity index (χ0) is 18.8. The summed E-state index contributed by atoms with van der Waals surface area (Å²) in [6, 6.07) is 15.6. The molecule has 1 N–H and O–H groups in total. The Morgan fingerprint density at radius 1 is 1.15 bits per heavy atom. The first-order valence-corrected chi connectivity index (χ1v) is 8.06. The molecule has 4 rings (SSSR count). The van der Waals surface area contributed by atoms with Gasteiger partial charge in [-0.15, -0.1) is 0 Å². The number of nitrogens with one attached hydrogen (secondary N) is 1. The SMILES string of the molecule is O=C(NN=Cc1ccc([N+](=O)[O-])cc1)c1cn2ccc3ccccc3c2n1. The number of nitro groups is 1. The van der Waals surface area contributed by atoms with E-state index in [0.717, 1.165) is 10.8 Å². The molecule has 2 aromatic carbocycles. The Hall–Kier alpha value is -4.07. The van der Waals surface area contributed by atoms with Gasteiger partial charge in [0.15, 0.2) is 0 Å². The molecule has 8 nitrogen and oxygen atoms in total. The Balaban J connectivity index is 1.52. The number of fused-ring (bicyclic) bond motifs is 3. The largest absolute Gasteiger partial charge is 0.306 e. The molecule has 0 atom stereocenters. The molecule has 2 heterocycles. The van der Waals surface area contributed by atoms with Crippen LogP contribution in [-0.2, 0) is 0 Å². The standard InChI is InChI=1S/C19H13N5O3/c25-19(22-20-11-13-5-7-15(8-6-13)24(26)27)17-12-23-10-9-14-3-1-2-4-16(14)18(23)21-17/h1-12H,(H,22,25). The number of nitro benzene ring substituents is 1. The smallest absolute Gasteiger partial charge is 0.291 e. The highest BCUT2D eigenvalue weighted by molar-refractivity contribution is 5.98. The normalized spacial score (nSPS) is 11.3. The third-order valence-corrected chi connectivity index (χ3v) is 4.06. The van der Waals surface area contributed by atoms with E-state index in [1.54, 1.807) is 22.7 Å². The second-order valence-corrected chi connectivity index (χ2v) is 5.81. The highest BCUT2D eigenvalue weighted by Gasteiger charge is 2.11. The van der Waals surface area contributed by atoms with Crippen molar-refractivity contribution in [1.82, 2.24) is 14.8 Å². The number of non-ortho nitro benzene ring substituents is 1. The predicted molar refractivity (Wildman–Crippen MR) is 101 cm³/mol. The summed E-state index contributed by atoms with van der Waals surface area (Å²) < 4.78 is 1.79. The Kier molecular flexibility index (Phi) is 4.06. The van der Waals surface area contributed by atoms with Crippen molar-refractivity contribution in [2.75, 3.05) is 0 Å². The minimum absolute atomic E-state index is 0.00638. The molecule has 0 bridgehead atoms. The summed E-state index contributed by atoms with van der Waals surface area (Å²) in [4.78, 5) is 26.9. The molecular formula is C19H13N5O3. The molecule has 0 saturated carbocycles. The molecule has 0 aliphatic rings. The number of hydrogen-bond acceptors (Lipinski definition) is 5. The van der Waals surface area contributed by atoms with Crippen molar-refractivity contribution in [2.24, 2.45) is 5.10 Å². The van der Waals surface area contributed by atoms with E-state index in [1.807, 2.05) is 36.5 Å². The van der Waals surface area contributed by atoms with Crippen molar-refractivity contribution in [3.8, 4) is 0 Å². The maximum atomic E-state index is 12.3. The Bertz CT molecular complexity index is 1200. The van der Waals surface area contributed by atoms with E-state index < -0.39 is 10.8 Å². The second kappa shape index (κ2) is 6.68. The van der Waals surface area contributed by atoms with Crippen molar-refractivity contribution in [3.63, 3.8) is 0 Å². The maximum absolute atomic E-state index is 12.3. The average Bonchev–Trinajstić information content (AvgIpc) is 3.13. The van der Waals surface area contributed by atoms with Gasteiger partial charge in [-0.3, -0.25) is 14.9 Å². The number of pyridine rings is 1. The van der Waals surface area contributed by atoms with E-state index in [0.29, 0.717) is 11.2 Å². The fraction of sp³-hybridized carbons (Fsp3) is 0. The quantitative estimate of drug-likeness (QED) is 0.343. The zero-order valence-electron chi connectivity index (χ0n) is 13.9. The molecule has 0 radical (unpaired) electrons. The first-order chi connectivity index (χ1) is 13.1. The van der Waals surface area contributed by atoms with Crippen molar-refractivity contribution in [3.05, 3.63) is 88.4 Å². The third-order valence-electron chi connectivity index (χ3n) is 4.06. The number of carbonyl (C=O) groups excluding carboxylic acids is 1. The minimum atomic E-state index is -0.476. The summed E-state index contributed by atoms with van der Waals surface area (Å²) in [5.74, 6) is -0.444. The van der Waals surface area contributed by atoms with Gasteiger partial charge in [-0.1, -0.05) is 24.3 Å². The lowest BCUT2D eigenvalue weighted by Crippen LogP contribution is -2.17. The lowest BCUT2D eigenvalue weighted by molar-refractivity contribution is -0.384. The van der Waals surface area contributed by atoms with Crippen molar-refractivity contribution >= 4 is 34.2 Å². The minimum Gasteiger partial charge on any atom is -0.306 e. The summed E-state index contributed by atoms with van der Waals surface area (Å²) in [6.07, 6.45) is 4.90. The van der Waals surface area contributed by atoms with Crippen LogP contribution < -0.4 is 5.43 Å². The summed E-state index contributed by atoms with van der Waals surface area (Å²) in [6.45, 7) is 0. The molecular weight excluding hydrogens is 346 g/mol. The van der Waals surface area contributed by atoms with Crippen LogP contribution in [0.2, 0.25) is 0 Å². The van der Waals surface area contributed by atoms with Crippen molar-refractivity contribution in [1.29, 1.82) is 0 Å². The molecule has 0 fully saturated rings.